The summed E-state index contributed by atoms with van der Waals surface area (Å²) in [5, 5.41) is 2.80. The molecule has 1 aliphatic rings. The molecule has 1 aliphatic heterocycles. The number of nitrogens with zero attached hydrogens (tertiary/aromatic N) is 2. The number of anilines is 1. The third-order valence-corrected chi connectivity index (χ3v) is 5.74. The van der Waals surface area contributed by atoms with Crippen molar-refractivity contribution in [2.75, 3.05) is 31.8 Å². The smallest absolute Gasteiger partial charge is 0.226 e. The number of morpholine rings is 1. The molecular weight excluding hydrogens is 421 g/mol. The Morgan fingerprint density at radius 2 is 2.12 bits per heavy atom. The van der Waals surface area contributed by atoms with E-state index < -0.39 is 0 Å². The maximum atomic E-state index is 13.3. The molecule has 1 N–H and O–H groups in total. The van der Waals surface area contributed by atoms with E-state index in [4.69, 9.17) is 9.47 Å². The van der Waals surface area contributed by atoms with Crippen LogP contribution in [0.3, 0.4) is 0 Å². The molecule has 0 unspecified atom stereocenters. The second kappa shape index (κ2) is 10.4. The van der Waals surface area contributed by atoms with Crippen LogP contribution in [0.4, 0.5) is 10.1 Å². The molecule has 2 heterocycles. The molecule has 1 atom stereocenters. The highest BCUT2D eigenvalue weighted by molar-refractivity contribution is 5.78. The molecule has 172 valence electrons. The van der Waals surface area contributed by atoms with Crippen molar-refractivity contribution in [2.45, 2.75) is 25.9 Å². The van der Waals surface area contributed by atoms with Gasteiger partial charge in [0.1, 0.15) is 11.6 Å². The second-order valence-corrected chi connectivity index (χ2v) is 8.12. The van der Waals surface area contributed by atoms with Crippen LogP contribution in [0.1, 0.15) is 18.2 Å². The van der Waals surface area contributed by atoms with Gasteiger partial charge >= 0.3 is 0 Å². The van der Waals surface area contributed by atoms with Gasteiger partial charge in [0.25, 0.3) is 0 Å². The van der Waals surface area contributed by atoms with Gasteiger partial charge in [-0.25, -0.2) is 4.39 Å². The predicted octanol–water partition coefficient (Wildman–Crippen LogP) is 3.98. The molecule has 0 bridgehead atoms. The number of amides is 1. The first-order valence-electron chi connectivity index (χ1n) is 11.0. The Bertz CT molecular complexity index is 1100. The molecule has 1 amide bonds. The molecule has 1 fully saturated rings. The number of methoxy groups -OCH3 is 1. The molecule has 4 rings (SSSR count). The van der Waals surface area contributed by atoms with Crippen LogP contribution < -0.4 is 15.0 Å². The number of aromatic nitrogens is 1. The standard InChI is InChI=1S/C26H28FN3O3/c1-18-17-33-11-10-30(18)23-8-9-24(25(14-23)32-2)20-6-7-22(28-16-20)13-26(31)29-15-19-4-3-5-21(27)12-19/h3-9,12,14,16,18H,10-11,13,15,17H2,1-2H3,(H,29,31)/t18-/m0/s1. The maximum Gasteiger partial charge on any atom is 0.226 e. The number of nitrogens with one attached hydrogen (secondary N) is 1. The number of hydrogen-bond acceptors (Lipinski definition) is 5. The van der Waals surface area contributed by atoms with Crippen LogP contribution in [-0.4, -0.2) is 43.8 Å². The van der Waals surface area contributed by atoms with Crippen LogP contribution in [-0.2, 0) is 22.5 Å². The Hall–Kier alpha value is -3.45. The minimum Gasteiger partial charge on any atom is -0.496 e. The number of rotatable bonds is 7. The number of carbonyl (C=O) groups is 1. The van der Waals surface area contributed by atoms with E-state index in [0.717, 1.165) is 35.7 Å². The van der Waals surface area contributed by atoms with E-state index >= 15 is 0 Å². The maximum absolute atomic E-state index is 13.3. The topological polar surface area (TPSA) is 63.7 Å². The third-order valence-electron chi connectivity index (χ3n) is 5.74. The van der Waals surface area contributed by atoms with E-state index in [9.17, 15) is 9.18 Å². The SMILES string of the molecule is COc1cc(N2CCOC[C@@H]2C)ccc1-c1ccc(CC(=O)NCc2cccc(F)c2)nc1. The van der Waals surface area contributed by atoms with Crippen LogP contribution in [0.25, 0.3) is 11.1 Å². The number of benzene rings is 2. The normalized spacial score (nSPS) is 15.8. The van der Waals surface area contributed by atoms with Gasteiger partial charge in [0.2, 0.25) is 5.91 Å². The van der Waals surface area contributed by atoms with Crippen molar-refractivity contribution < 1.29 is 18.7 Å². The van der Waals surface area contributed by atoms with E-state index in [-0.39, 0.29) is 24.7 Å². The van der Waals surface area contributed by atoms with Crippen molar-refractivity contribution in [3.8, 4) is 16.9 Å². The van der Waals surface area contributed by atoms with E-state index in [2.05, 4.69) is 28.2 Å². The highest BCUT2D eigenvalue weighted by atomic mass is 19.1. The zero-order valence-electron chi connectivity index (χ0n) is 18.9. The lowest BCUT2D eigenvalue weighted by Crippen LogP contribution is -2.43. The second-order valence-electron chi connectivity index (χ2n) is 8.12. The van der Waals surface area contributed by atoms with Crippen LogP contribution >= 0.6 is 0 Å². The predicted molar refractivity (Wildman–Crippen MR) is 126 cm³/mol. The van der Waals surface area contributed by atoms with Gasteiger partial charge in [-0.2, -0.15) is 0 Å². The Morgan fingerprint density at radius 3 is 2.85 bits per heavy atom. The van der Waals surface area contributed by atoms with Gasteiger partial charge in [0.15, 0.2) is 0 Å². The molecule has 2 aromatic carbocycles. The summed E-state index contributed by atoms with van der Waals surface area (Å²) in [6.45, 7) is 4.71. The molecule has 33 heavy (non-hydrogen) atoms. The van der Waals surface area contributed by atoms with Gasteiger partial charge in [-0.15, -0.1) is 0 Å². The van der Waals surface area contributed by atoms with Crippen LogP contribution in [0.5, 0.6) is 5.75 Å². The zero-order chi connectivity index (χ0) is 23.2. The highest BCUT2D eigenvalue weighted by Gasteiger charge is 2.20. The summed E-state index contributed by atoms with van der Waals surface area (Å²) < 4.78 is 24.5. The summed E-state index contributed by atoms with van der Waals surface area (Å²) in [7, 11) is 1.66. The summed E-state index contributed by atoms with van der Waals surface area (Å²) in [5.74, 6) is 0.288. The van der Waals surface area contributed by atoms with Crippen LogP contribution in [0, 0.1) is 5.82 Å². The number of hydrogen-bond donors (Lipinski definition) is 1. The Kier molecular flexibility index (Phi) is 7.19. The number of ether oxygens (including phenoxy) is 2. The summed E-state index contributed by atoms with van der Waals surface area (Å²) >= 11 is 0. The first-order valence-corrected chi connectivity index (χ1v) is 11.0. The average Bonchev–Trinajstić information content (AvgIpc) is 2.83. The van der Waals surface area contributed by atoms with Crippen molar-refractivity contribution in [1.29, 1.82) is 0 Å². The Balaban J connectivity index is 1.41. The first kappa shape index (κ1) is 22.7. The molecular formula is C26H28FN3O3. The van der Waals surface area contributed by atoms with E-state index in [1.54, 1.807) is 25.4 Å². The van der Waals surface area contributed by atoms with Gasteiger partial charge in [0, 0.05) is 53.9 Å². The van der Waals surface area contributed by atoms with E-state index in [1.807, 2.05) is 24.3 Å². The average molecular weight is 450 g/mol. The lowest BCUT2D eigenvalue weighted by molar-refractivity contribution is -0.120. The van der Waals surface area contributed by atoms with Crippen molar-refractivity contribution in [2.24, 2.45) is 0 Å². The Labute approximate surface area is 193 Å². The third kappa shape index (κ3) is 5.68. The van der Waals surface area contributed by atoms with Crippen molar-refractivity contribution in [3.05, 3.63) is 77.9 Å². The van der Waals surface area contributed by atoms with E-state index in [0.29, 0.717) is 23.9 Å². The number of halogens is 1. The van der Waals surface area contributed by atoms with Gasteiger partial charge in [-0.05, 0) is 42.8 Å². The molecule has 0 saturated carbocycles. The summed E-state index contributed by atoms with van der Waals surface area (Å²) in [5.41, 5.74) is 4.34. The molecule has 7 heteroatoms. The summed E-state index contributed by atoms with van der Waals surface area (Å²) in [6.07, 6.45) is 1.91. The fourth-order valence-corrected chi connectivity index (χ4v) is 3.97. The molecule has 0 aliphatic carbocycles. The lowest BCUT2D eigenvalue weighted by atomic mass is 10.0. The quantitative estimate of drug-likeness (QED) is 0.591. The molecule has 6 nitrogen and oxygen atoms in total. The fraction of sp³-hybridized carbons (Fsp3) is 0.308. The largest absolute Gasteiger partial charge is 0.496 e. The fourth-order valence-electron chi connectivity index (χ4n) is 3.97. The first-order chi connectivity index (χ1) is 16.0. The molecule has 0 spiro atoms. The van der Waals surface area contributed by atoms with Gasteiger partial charge in [-0.3, -0.25) is 9.78 Å². The lowest BCUT2D eigenvalue weighted by Gasteiger charge is -2.35. The van der Waals surface area contributed by atoms with Crippen molar-refractivity contribution in [3.63, 3.8) is 0 Å². The van der Waals surface area contributed by atoms with Crippen LogP contribution in [0.15, 0.2) is 60.8 Å². The highest BCUT2D eigenvalue weighted by Crippen LogP contribution is 2.34. The molecule has 1 aromatic heterocycles. The monoisotopic (exact) mass is 449 g/mol. The van der Waals surface area contributed by atoms with Crippen LogP contribution in [0.2, 0.25) is 0 Å². The minimum atomic E-state index is -0.318. The zero-order valence-corrected chi connectivity index (χ0v) is 18.9. The number of pyridine rings is 1. The Morgan fingerprint density at radius 1 is 1.24 bits per heavy atom. The van der Waals surface area contributed by atoms with Gasteiger partial charge in [0.05, 0.1) is 26.7 Å². The molecule has 1 saturated heterocycles. The van der Waals surface area contributed by atoms with E-state index in [1.165, 1.54) is 12.1 Å². The van der Waals surface area contributed by atoms with Gasteiger partial charge < -0.3 is 19.7 Å². The van der Waals surface area contributed by atoms with Crippen molar-refractivity contribution in [1.82, 2.24) is 10.3 Å². The molecule has 0 radical (unpaired) electrons. The number of carbonyl (C=O) groups excluding carboxylic acids is 1. The molecule has 3 aromatic rings. The summed E-state index contributed by atoms with van der Waals surface area (Å²) in [6, 6.07) is 16.5. The summed E-state index contributed by atoms with van der Waals surface area (Å²) in [4.78, 5) is 19.0. The minimum absolute atomic E-state index is 0.153. The van der Waals surface area contributed by atoms with Gasteiger partial charge in [-0.1, -0.05) is 18.2 Å². The van der Waals surface area contributed by atoms with Crippen molar-refractivity contribution >= 4 is 11.6 Å².